The molecule has 0 aliphatic carbocycles. The van der Waals surface area contributed by atoms with Gasteiger partial charge in [0.2, 0.25) is 11.7 Å². The number of nitrogens with zero attached hydrogens (tertiary/aromatic N) is 1. The van der Waals surface area contributed by atoms with E-state index < -0.39 is 0 Å². The van der Waals surface area contributed by atoms with E-state index in [0.717, 1.165) is 18.5 Å². The van der Waals surface area contributed by atoms with Crippen LogP contribution in [0.1, 0.15) is 16.0 Å². The van der Waals surface area contributed by atoms with Gasteiger partial charge in [-0.2, -0.15) is 0 Å². The van der Waals surface area contributed by atoms with Crippen molar-refractivity contribution in [2.24, 2.45) is 0 Å². The molecule has 25 heavy (non-hydrogen) atoms. The number of methoxy groups -OCH3 is 3. The fourth-order valence-electron chi connectivity index (χ4n) is 2.91. The van der Waals surface area contributed by atoms with E-state index in [-0.39, 0.29) is 5.91 Å². The number of fused-ring (bicyclic) bond motifs is 1. The molecule has 1 aromatic heterocycles. The Morgan fingerprint density at radius 3 is 2.52 bits per heavy atom. The van der Waals surface area contributed by atoms with Crippen LogP contribution < -0.4 is 14.2 Å². The van der Waals surface area contributed by atoms with Gasteiger partial charge in [-0.05, 0) is 47.2 Å². The molecule has 0 unspecified atom stereocenters. The van der Waals surface area contributed by atoms with E-state index in [1.165, 1.54) is 10.4 Å². The van der Waals surface area contributed by atoms with Crippen LogP contribution in [0.5, 0.6) is 17.2 Å². The Morgan fingerprint density at radius 1 is 1.16 bits per heavy atom. The normalized spacial score (nSPS) is 13.6. The van der Waals surface area contributed by atoms with Gasteiger partial charge in [-0.1, -0.05) is 0 Å². The summed E-state index contributed by atoms with van der Waals surface area (Å²) in [7, 11) is 4.71. The molecule has 1 aromatic carbocycles. The SMILES string of the molecule is COc1cc(C=CC(=O)N2CCc3sccc3C2)cc(OC)c1OC. The van der Waals surface area contributed by atoms with Crippen molar-refractivity contribution in [3.63, 3.8) is 0 Å². The number of amides is 1. The molecule has 3 rings (SSSR count). The van der Waals surface area contributed by atoms with E-state index in [1.807, 2.05) is 17.0 Å². The average molecular weight is 359 g/mol. The van der Waals surface area contributed by atoms with Crippen molar-refractivity contribution in [1.29, 1.82) is 0 Å². The summed E-state index contributed by atoms with van der Waals surface area (Å²) < 4.78 is 16.0. The summed E-state index contributed by atoms with van der Waals surface area (Å²) in [5.41, 5.74) is 2.07. The predicted molar refractivity (Wildman–Crippen MR) is 98.6 cm³/mol. The first kappa shape index (κ1) is 17.4. The van der Waals surface area contributed by atoms with Crippen LogP contribution in [0.2, 0.25) is 0 Å². The van der Waals surface area contributed by atoms with Crippen molar-refractivity contribution in [3.05, 3.63) is 45.7 Å². The summed E-state index contributed by atoms with van der Waals surface area (Å²) in [6.07, 6.45) is 4.30. The molecule has 0 radical (unpaired) electrons. The summed E-state index contributed by atoms with van der Waals surface area (Å²) in [4.78, 5) is 15.7. The number of rotatable bonds is 5. The quantitative estimate of drug-likeness (QED) is 0.768. The number of hydrogen-bond donors (Lipinski definition) is 0. The van der Waals surface area contributed by atoms with Gasteiger partial charge in [0.15, 0.2) is 11.5 Å². The molecule has 1 amide bonds. The van der Waals surface area contributed by atoms with E-state index >= 15 is 0 Å². The third kappa shape index (κ3) is 3.64. The number of benzene rings is 1. The zero-order chi connectivity index (χ0) is 17.8. The van der Waals surface area contributed by atoms with Gasteiger partial charge in [-0.3, -0.25) is 4.79 Å². The molecule has 1 aliphatic heterocycles. The highest BCUT2D eigenvalue weighted by atomic mass is 32.1. The standard InChI is InChI=1S/C19H21NO4S/c1-22-15-10-13(11-16(23-2)19(15)24-3)4-5-18(21)20-8-6-17-14(12-20)7-9-25-17/h4-5,7,9-11H,6,8,12H2,1-3H3. The van der Waals surface area contributed by atoms with E-state index in [4.69, 9.17) is 14.2 Å². The topological polar surface area (TPSA) is 48.0 Å². The van der Waals surface area contributed by atoms with Gasteiger partial charge in [0.1, 0.15) is 0 Å². The lowest BCUT2D eigenvalue weighted by Gasteiger charge is -2.25. The van der Waals surface area contributed by atoms with Crippen LogP contribution in [-0.2, 0) is 17.8 Å². The minimum atomic E-state index is 0.00519. The highest BCUT2D eigenvalue weighted by Gasteiger charge is 2.20. The molecule has 0 saturated heterocycles. The molecule has 2 aromatic rings. The largest absolute Gasteiger partial charge is 0.493 e. The molecule has 0 spiro atoms. The molecule has 132 valence electrons. The summed E-state index contributed by atoms with van der Waals surface area (Å²) >= 11 is 1.77. The van der Waals surface area contributed by atoms with Crippen molar-refractivity contribution in [2.45, 2.75) is 13.0 Å². The minimum absolute atomic E-state index is 0.00519. The fraction of sp³-hybridized carbons (Fsp3) is 0.316. The summed E-state index contributed by atoms with van der Waals surface area (Å²) in [6, 6.07) is 5.74. The van der Waals surface area contributed by atoms with Crippen LogP contribution in [-0.4, -0.2) is 38.7 Å². The first-order valence-electron chi connectivity index (χ1n) is 7.98. The van der Waals surface area contributed by atoms with E-state index in [0.29, 0.717) is 23.8 Å². The maximum atomic E-state index is 12.5. The Labute approximate surface area is 151 Å². The molecule has 0 atom stereocenters. The molecule has 0 N–H and O–H groups in total. The van der Waals surface area contributed by atoms with Gasteiger partial charge in [0.05, 0.1) is 21.3 Å². The first-order valence-corrected chi connectivity index (χ1v) is 8.86. The highest BCUT2D eigenvalue weighted by Crippen LogP contribution is 2.38. The van der Waals surface area contributed by atoms with Gasteiger partial charge < -0.3 is 19.1 Å². The second kappa shape index (κ2) is 7.61. The van der Waals surface area contributed by atoms with Gasteiger partial charge in [-0.25, -0.2) is 0 Å². The highest BCUT2D eigenvalue weighted by molar-refractivity contribution is 7.10. The second-order valence-corrected chi connectivity index (χ2v) is 6.67. The molecule has 2 heterocycles. The van der Waals surface area contributed by atoms with Gasteiger partial charge in [0, 0.05) is 24.0 Å². The molecule has 1 aliphatic rings. The van der Waals surface area contributed by atoms with Crippen LogP contribution in [0, 0.1) is 0 Å². The lowest BCUT2D eigenvalue weighted by atomic mass is 10.1. The van der Waals surface area contributed by atoms with Crippen LogP contribution in [0.15, 0.2) is 29.7 Å². The summed E-state index contributed by atoms with van der Waals surface area (Å²) in [5.74, 6) is 1.67. The Hall–Kier alpha value is -2.47. The van der Waals surface area contributed by atoms with Crippen molar-refractivity contribution in [3.8, 4) is 17.2 Å². The number of carbonyl (C=O) groups is 1. The van der Waals surface area contributed by atoms with E-state index in [9.17, 15) is 4.79 Å². The molecule has 0 bridgehead atoms. The molecule has 6 heteroatoms. The number of ether oxygens (including phenoxy) is 3. The molecular weight excluding hydrogens is 338 g/mol. The van der Waals surface area contributed by atoms with E-state index in [2.05, 4.69) is 11.4 Å². The van der Waals surface area contributed by atoms with Crippen molar-refractivity contribution < 1.29 is 19.0 Å². The molecule has 5 nitrogen and oxygen atoms in total. The van der Waals surface area contributed by atoms with Crippen LogP contribution in [0.4, 0.5) is 0 Å². The maximum absolute atomic E-state index is 12.5. The number of thiophene rings is 1. The third-order valence-corrected chi connectivity index (χ3v) is 5.25. The average Bonchev–Trinajstić information content (AvgIpc) is 3.12. The Balaban J connectivity index is 1.76. The van der Waals surface area contributed by atoms with Crippen molar-refractivity contribution in [2.75, 3.05) is 27.9 Å². The Kier molecular flexibility index (Phi) is 5.28. The zero-order valence-corrected chi connectivity index (χ0v) is 15.4. The van der Waals surface area contributed by atoms with Crippen LogP contribution >= 0.6 is 11.3 Å². The van der Waals surface area contributed by atoms with Crippen molar-refractivity contribution >= 4 is 23.3 Å². The van der Waals surface area contributed by atoms with Crippen LogP contribution in [0.25, 0.3) is 6.08 Å². The third-order valence-electron chi connectivity index (χ3n) is 4.22. The van der Waals surface area contributed by atoms with E-state index in [1.54, 1.807) is 44.8 Å². The first-order chi connectivity index (χ1) is 12.2. The smallest absolute Gasteiger partial charge is 0.246 e. The molecule has 0 fully saturated rings. The number of hydrogen-bond acceptors (Lipinski definition) is 5. The zero-order valence-electron chi connectivity index (χ0n) is 14.6. The van der Waals surface area contributed by atoms with Gasteiger partial charge >= 0.3 is 0 Å². The molecular formula is C19H21NO4S. The predicted octanol–water partition coefficient (Wildman–Crippen LogP) is 3.37. The minimum Gasteiger partial charge on any atom is -0.493 e. The summed E-state index contributed by atoms with van der Waals surface area (Å²) in [5, 5.41) is 2.09. The summed E-state index contributed by atoms with van der Waals surface area (Å²) in [6.45, 7) is 1.43. The second-order valence-electron chi connectivity index (χ2n) is 5.67. The lowest BCUT2D eigenvalue weighted by molar-refractivity contribution is -0.126. The Bertz CT molecular complexity index is 771. The lowest BCUT2D eigenvalue weighted by Crippen LogP contribution is -2.34. The monoisotopic (exact) mass is 359 g/mol. The fourth-order valence-corrected chi connectivity index (χ4v) is 3.80. The van der Waals surface area contributed by atoms with Crippen molar-refractivity contribution in [1.82, 2.24) is 4.90 Å². The van der Waals surface area contributed by atoms with Crippen LogP contribution in [0.3, 0.4) is 0 Å². The number of carbonyl (C=O) groups excluding carboxylic acids is 1. The van der Waals surface area contributed by atoms with Gasteiger partial charge in [-0.15, -0.1) is 11.3 Å². The van der Waals surface area contributed by atoms with Gasteiger partial charge in [0.25, 0.3) is 0 Å². The maximum Gasteiger partial charge on any atom is 0.246 e. The Morgan fingerprint density at radius 2 is 1.88 bits per heavy atom. The molecule has 0 saturated carbocycles.